The lowest BCUT2D eigenvalue weighted by atomic mass is 10.1. The highest BCUT2D eigenvalue weighted by molar-refractivity contribution is 6.34. The largest absolute Gasteiger partial charge is 0.454 e. The molecule has 0 atom stereocenters. The molecular formula is C25H16FN3O5. The third-order valence-corrected chi connectivity index (χ3v) is 5.31. The van der Waals surface area contributed by atoms with Crippen LogP contribution in [-0.4, -0.2) is 27.9 Å². The van der Waals surface area contributed by atoms with Crippen LogP contribution >= 0.6 is 0 Å². The first-order valence-corrected chi connectivity index (χ1v) is 10.3. The molecule has 2 heterocycles. The summed E-state index contributed by atoms with van der Waals surface area (Å²) in [6.45, 7) is 1.73. The van der Waals surface area contributed by atoms with Gasteiger partial charge in [0.15, 0.2) is 6.61 Å². The van der Waals surface area contributed by atoms with Crippen molar-refractivity contribution in [3.8, 4) is 11.5 Å². The quantitative estimate of drug-likeness (QED) is 0.324. The van der Waals surface area contributed by atoms with Gasteiger partial charge in [-0.25, -0.2) is 14.1 Å². The standard InChI is InChI=1S/C25H16FN3O5/c1-14-2-4-15(5-3-14)22-27-21(28-34-22)13-33-25(32)16-6-11-19-20(12-16)24(31)29(23(19)30)18-9-7-17(26)8-10-18/h2-12H,13H2,1H3. The molecule has 0 fully saturated rings. The first kappa shape index (κ1) is 21.2. The van der Waals surface area contributed by atoms with Crippen LogP contribution in [0.3, 0.4) is 0 Å². The molecule has 1 aliphatic heterocycles. The Morgan fingerprint density at radius 3 is 2.41 bits per heavy atom. The van der Waals surface area contributed by atoms with Gasteiger partial charge in [-0.15, -0.1) is 0 Å². The van der Waals surface area contributed by atoms with Crippen LogP contribution in [0.25, 0.3) is 11.5 Å². The number of hydrogen-bond acceptors (Lipinski definition) is 7. The Morgan fingerprint density at radius 1 is 0.971 bits per heavy atom. The summed E-state index contributed by atoms with van der Waals surface area (Å²) in [6.07, 6.45) is 0. The number of halogens is 1. The molecule has 2 amide bonds. The van der Waals surface area contributed by atoms with Gasteiger partial charge in [-0.2, -0.15) is 4.98 Å². The Morgan fingerprint density at radius 2 is 1.68 bits per heavy atom. The highest BCUT2D eigenvalue weighted by Crippen LogP contribution is 2.29. The SMILES string of the molecule is Cc1ccc(-c2nc(COC(=O)c3ccc4c(c3)C(=O)N(c3ccc(F)cc3)C4=O)no2)cc1. The zero-order chi connectivity index (χ0) is 23.8. The Hall–Kier alpha value is -4.66. The van der Waals surface area contributed by atoms with E-state index in [1.54, 1.807) is 0 Å². The van der Waals surface area contributed by atoms with Crippen LogP contribution < -0.4 is 4.90 Å². The van der Waals surface area contributed by atoms with Gasteiger partial charge in [-0.1, -0.05) is 22.9 Å². The van der Waals surface area contributed by atoms with E-state index in [0.29, 0.717) is 5.89 Å². The van der Waals surface area contributed by atoms with Crippen molar-refractivity contribution in [2.24, 2.45) is 0 Å². The van der Waals surface area contributed by atoms with Crippen molar-refractivity contribution < 1.29 is 28.0 Å². The molecule has 4 aromatic rings. The van der Waals surface area contributed by atoms with Crippen LogP contribution in [0.5, 0.6) is 0 Å². The van der Waals surface area contributed by atoms with Gasteiger partial charge in [-0.3, -0.25) is 9.59 Å². The average Bonchev–Trinajstić information content (AvgIpc) is 3.41. The molecule has 0 N–H and O–H groups in total. The predicted octanol–water partition coefficient (Wildman–Crippen LogP) is 4.34. The van der Waals surface area contributed by atoms with Crippen LogP contribution in [0.2, 0.25) is 0 Å². The highest BCUT2D eigenvalue weighted by atomic mass is 19.1. The second-order valence-electron chi connectivity index (χ2n) is 7.64. The van der Waals surface area contributed by atoms with Crippen molar-refractivity contribution >= 4 is 23.5 Å². The number of carbonyl (C=O) groups is 3. The molecule has 0 saturated heterocycles. The molecule has 0 radical (unpaired) electrons. The summed E-state index contributed by atoms with van der Waals surface area (Å²) < 4.78 is 23.7. The summed E-state index contributed by atoms with van der Waals surface area (Å²) in [5, 5.41) is 3.81. The minimum atomic E-state index is -0.718. The lowest BCUT2D eigenvalue weighted by Crippen LogP contribution is -2.29. The minimum absolute atomic E-state index is 0.0602. The molecule has 0 bridgehead atoms. The van der Waals surface area contributed by atoms with Gasteiger partial charge in [0.1, 0.15) is 5.82 Å². The van der Waals surface area contributed by atoms with E-state index in [1.165, 1.54) is 30.3 Å². The number of anilines is 1. The van der Waals surface area contributed by atoms with Crippen molar-refractivity contribution in [3.63, 3.8) is 0 Å². The Kier molecular flexibility index (Phi) is 5.21. The zero-order valence-corrected chi connectivity index (χ0v) is 17.8. The van der Waals surface area contributed by atoms with E-state index in [0.717, 1.165) is 28.2 Å². The fourth-order valence-electron chi connectivity index (χ4n) is 3.53. The number of imide groups is 1. The lowest BCUT2D eigenvalue weighted by Gasteiger charge is -2.13. The van der Waals surface area contributed by atoms with Crippen LogP contribution in [0.15, 0.2) is 71.3 Å². The fraction of sp³-hybridized carbons (Fsp3) is 0.0800. The number of hydrogen-bond donors (Lipinski definition) is 0. The monoisotopic (exact) mass is 457 g/mol. The Bertz CT molecular complexity index is 1430. The molecule has 8 nitrogen and oxygen atoms in total. The van der Waals surface area contributed by atoms with Crippen LogP contribution in [0.1, 0.15) is 42.5 Å². The summed E-state index contributed by atoms with van der Waals surface area (Å²) in [7, 11) is 0. The van der Waals surface area contributed by atoms with Crippen molar-refractivity contribution in [3.05, 3.63) is 101 Å². The van der Waals surface area contributed by atoms with Gasteiger partial charge < -0.3 is 9.26 Å². The first-order valence-electron chi connectivity index (χ1n) is 10.3. The maximum Gasteiger partial charge on any atom is 0.338 e. The van der Waals surface area contributed by atoms with Gasteiger partial charge in [0.25, 0.3) is 17.7 Å². The molecule has 34 heavy (non-hydrogen) atoms. The maximum atomic E-state index is 13.2. The lowest BCUT2D eigenvalue weighted by molar-refractivity contribution is 0.0459. The Labute approximate surface area is 192 Å². The molecule has 0 aliphatic carbocycles. The third kappa shape index (κ3) is 3.83. The van der Waals surface area contributed by atoms with E-state index < -0.39 is 23.6 Å². The molecule has 1 aromatic heterocycles. The van der Waals surface area contributed by atoms with Crippen LogP contribution in [-0.2, 0) is 11.3 Å². The third-order valence-electron chi connectivity index (χ3n) is 5.31. The van der Waals surface area contributed by atoms with Crippen molar-refractivity contribution in [1.82, 2.24) is 10.1 Å². The van der Waals surface area contributed by atoms with Gasteiger partial charge in [0.05, 0.1) is 22.4 Å². The van der Waals surface area contributed by atoms with E-state index in [1.807, 2.05) is 31.2 Å². The first-order chi connectivity index (χ1) is 16.4. The van der Waals surface area contributed by atoms with E-state index >= 15 is 0 Å². The summed E-state index contributed by atoms with van der Waals surface area (Å²) >= 11 is 0. The second-order valence-corrected chi connectivity index (χ2v) is 7.64. The normalized spacial score (nSPS) is 12.7. The number of aromatic nitrogens is 2. The van der Waals surface area contributed by atoms with Crippen molar-refractivity contribution in [2.45, 2.75) is 13.5 Å². The zero-order valence-electron chi connectivity index (χ0n) is 17.8. The topological polar surface area (TPSA) is 103 Å². The van der Waals surface area contributed by atoms with Crippen LogP contribution in [0, 0.1) is 12.7 Å². The summed E-state index contributed by atoms with van der Waals surface area (Å²) in [6, 6.07) is 16.6. The molecule has 1 aliphatic rings. The molecule has 3 aromatic carbocycles. The fourth-order valence-corrected chi connectivity index (χ4v) is 3.53. The number of fused-ring (bicyclic) bond motifs is 1. The summed E-state index contributed by atoms with van der Waals surface area (Å²) in [5.41, 5.74) is 2.36. The molecule has 0 spiro atoms. The van der Waals surface area contributed by atoms with Crippen molar-refractivity contribution in [2.75, 3.05) is 4.90 Å². The Balaban J connectivity index is 1.29. The number of aryl methyl sites for hydroxylation is 1. The maximum absolute atomic E-state index is 13.2. The summed E-state index contributed by atoms with van der Waals surface area (Å²) in [5.74, 6) is -1.89. The van der Waals surface area contributed by atoms with Gasteiger partial charge in [0, 0.05) is 5.56 Å². The van der Waals surface area contributed by atoms with E-state index in [4.69, 9.17) is 9.26 Å². The number of amides is 2. The second kappa shape index (κ2) is 8.36. The van der Waals surface area contributed by atoms with E-state index in [2.05, 4.69) is 10.1 Å². The average molecular weight is 457 g/mol. The number of esters is 1. The van der Waals surface area contributed by atoms with E-state index in [-0.39, 0.29) is 34.8 Å². The number of carbonyl (C=O) groups excluding carboxylic acids is 3. The van der Waals surface area contributed by atoms with Gasteiger partial charge in [-0.05, 0) is 61.5 Å². The summed E-state index contributed by atoms with van der Waals surface area (Å²) in [4.78, 5) is 43.2. The molecule has 5 rings (SSSR count). The molecule has 168 valence electrons. The van der Waals surface area contributed by atoms with Crippen LogP contribution in [0.4, 0.5) is 10.1 Å². The van der Waals surface area contributed by atoms with Gasteiger partial charge in [0.2, 0.25) is 5.82 Å². The number of nitrogens with zero attached hydrogens (tertiary/aromatic N) is 3. The molecule has 0 unspecified atom stereocenters. The van der Waals surface area contributed by atoms with Crippen molar-refractivity contribution in [1.29, 1.82) is 0 Å². The predicted molar refractivity (Wildman–Crippen MR) is 118 cm³/mol. The minimum Gasteiger partial charge on any atom is -0.454 e. The molecule has 0 saturated carbocycles. The molecular weight excluding hydrogens is 441 g/mol. The number of benzene rings is 3. The smallest absolute Gasteiger partial charge is 0.338 e. The van der Waals surface area contributed by atoms with E-state index in [9.17, 15) is 18.8 Å². The highest BCUT2D eigenvalue weighted by Gasteiger charge is 2.37. The number of rotatable bonds is 5. The molecule has 9 heteroatoms. The number of ether oxygens (including phenoxy) is 1. The van der Waals surface area contributed by atoms with Gasteiger partial charge >= 0.3 is 5.97 Å².